The average molecular weight is 437 g/mol. The highest BCUT2D eigenvalue weighted by Crippen LogP contribution is 2.39. The van der Waals surface area contributed by atoms with E-state index in [0.29, 0.717) is 11.1 Å². The number of benzene rings is 3. The number of nitro groups is 1. The van der Waals surface area contributed by atoms with Gasteiger partial charge in [0.25, 0.3) is 5.69 Å². The number of primary amides is 1. The van der Waals surface area contributed by atoms with Crippen molar-refractivity contribution in [3.8, 4) is 11.5 Å². The molecule has 10 heteroatoms. The van der Waals surface area contributed by atoms with E-state index in [1.54, 1.807) is 42.5 Å². The van der Waals surface area contributed by atoms with Crippen LogP contribution in [0, 0.1) is 10.1 Å². The minimum absolute atomic E-state index is 0.0267. The first-order chi connectivity index (χ1) is 15.3. The number of non-ortho nitro benzene ring substituents is 1. The van der Waals surface area contributed by atoms with Gasteiger partial charge in [-0.1, -0.05) is 30.3 Å². The molecule has 3 aromatic carbocycles. The van der Waals surface area contributed by atoms with Crippen molar-refractivity contribution in [2.24, 2.45) is 5.73 Å². The predicted molar refractivity (Wildman–Crippen MR) is 115 cm³/mol. The lowest BCUT2D eigenvalue weighted by Crippen LogP contribution is -2.31. The van der Waals surface area contributed by atoms with Crippen LogP contribution in [0.15, 0.2) is 66.7 Å². The average Bonchev–Trinajstić information content (AvgIpc) is 2.79. The van der Waals surface area contributed by atoms with Gasteiger partial charge in [-0.2, -0.15) is 0 Å². The van der Waals surface area contributed by atoms with E-state index in [9.17, 15) is 24.8 Å². The number of carbonyl (C=O) groups excluding carboxylic acids is 2. The van der Waals surface area contributed by atoms with Crippen LogP contribution in [0.3, 0.4) is 0 Å². The summed E-state index contributed by atoms with van der Waals surface area (Å²) in [7, 11) is 1.27. The molecule has 0 unspecified atom stereocenters. The molecule has 3 aromatic rings. The number of amides is 2. The molecule has 0 aliphatic carbocycles. The number of hydrogen-bond donors (Lipinski definition) is 2. The van der Waals surface area contributed by atoms with Crippen LogP contribution in [0.25, 0.3) is 0 Å². The van der Waals surface area contributed by atoms with E-state index in [0.717, 1.165) is 17.0 Å². The number of aromatic hydroxyl groups is 1. The van der Waals surface area contributed by atoms with E-state index in [1.807, 2.05) is 0 Å². The number of nitrogens with zero attached hydrogens (tertiary/aromatic N) is 2. The number of nitro benzene ring substituents is 1. The smallest absolute Gasteiger partial charge is 0.338 e. The molecule has 0 saturated heterocycles. The highest BCUT2D eigenvalue weighted by molar-refractivity contribution is 6.01. The summed E-state index contributed by atoms with van der Waals surface area (Å²) < 4.78 is 10.6. The molecule has 0 fully saturated rings. The summed E-state index contributed by atoms with van der Waals surface area (Å²) in [4.78, 5) is 35.5. The number of carbonyl (C=O) groups is 2. The summed E-state index contributed by atoms with van der Waals surface area (Å²) in [6.45, 7) is -0.0267. The number of urea groups is 1. The van der Waals surface area contributed by atoms with E-state index >= 15 is 0 Å². The third kappa shape index (κ3) is 4.59. The Balaban J connectivity index is 1.97. The topological polar surface area (TPSA) is 145 Å². The van der Waals surface area contributed by atoms with Crippen LogP contribution >= 0.6 is 0 Å². The number of anilines is 2. The molecule has 0 saturated carbocycles. The van der Waals surface area contributed by atoms with Gasteiger partial charge in [0.05, 0.1) is 35.0 Å². The highest BCUT2D eigenvalue weighted by Gasteiger charge is 2.24. The van der Waals surface area contributed by atoms with Crippen molar-refractivity contribution in [1.29, 1.82) is 0 Å². The minimum atomic E-state index is -0.944. The van der Waals surface area contributed by atoms with Gasteiger partial charge in [0.15, 0.2) is 0 Å². The molecule has 0 atom stereocenters. The van der Waals surface area contributed by atoms with E-state index in [-0.39, 0.29) is 29.4 Å². The molecule has 0 aliphatic rings. The molecule has 32 heavy (non-hydrogen) atoms. The van der Waals surface area contributed by atoms with Gasteiger partial charge in [-0.15, -0.1) is 0 Å². The van der Waals surface area contributed by atoms with Crippen molar-refractivity contribution >= 4 is 29.1 Å². The number of phenols is 1. The van der Waals surface area contributed by atoms with Crippen molar-refractivity contribution in [1.82, 2.24) is 0 Å². The Labute approximate surface area is 182 Å². The summed E-state index contributed by atoms with van der Waals surface area (Å²) in [6.07, 6.45) is 0. The van der Waals surface area contributed by atoms with Crippen LogP contribution in [0.1, 0.15) is 15.9 Å². The molecule has 0 radical (unpaired) electrons. The van der Waals surface area contributed by atoms with Gasteiger partial charge < -0.3 is 20.3 Å². The number of phenolic OH excluding ortho intramolecular Hbond substituents is 1. The second-order valence-corrected chi connectivity index (χ2v) is 6.51. The van der Waals surface area contributed by atoms with Crippen molar-refractivity contribution < 1.29 is 29.1 Å². The molecular formula is C22H19N3O7. The zero-order chi connectivity index (χ0) is 23.3. The molecule has 3 N–H and O–H groups in total. The van der Waals surface area contributed by atoms with Crippen molar-refractivity contribution in [3.63, 3.8) is 0 Å². The summed E-state index contributed by atoms with van der Waals surface area (Å²) in [5.41, 5.74) is 6.22. The van der Waals surface area contributed by atoms with Crippen LogP contribution in [0.5, 0.6) is 11.5 Å². The van der Waals surface area contributed by atoms with Gasteiger partial charge >= 0.3 is 12.0 Å². The van der Waals surface area contributed by atoms with Gasteiger partial charge in [-0.3, -0.25) is 15.0 Å². The second kappa shape index (κ2) is 9.47. The maximum Gasteiger partial charge on any atom is 0.338 e. The summed E-state index contributed by atoms with van der Waals surface area (Å²) >= 11 is 0. The standard InChI is InChI=1S/C22H19N3O7/c1-31-21(27)16-7-3-2-6-14(16)13-32-20-9-5-4-8-18(20)24(22(23)28)17-11-10-15(25(29)30)12-19(17)26/h2-12,26H,13H2,1H3,(H2,23,28). The molecule has 10 nitrogen and oxygen atoms in total. The lowest BCUT2D eigenvalue weighted by atomic mass is 10.1. The normalized spacial score (nSPS) is 10.3. The first-order valence-corrected chi connectivity index (χ1v) is 9.28. The van der Waals surface area contributed by atoms with E-state index in [2.05, 4.69) is 0 Å². The van der Waals surface area contributed by atoms with Crippen LogP contribution in [0.2, 0.25) is 0 Å². The third-order valence-corrected chi connectivity index (χ3v) is 4.54. The maximum atomic E-state index is 12.3. The Morgan fingerprint density at radius 2 is 1.75 bits per heavy atom. The number of para-hydroxylation sites is 2. The fourth-order valence-electron chi connectivity index (χ4n) is 3.06. The maximum absolute atomic E-state index is 12.3. The lowest BCUT2D eigenvalue weighted by Gasteiger charge is -2.24. The Morgan fingerprint density at radius 1 is 1.06 bits per heavy atom. The van der Waals surface area contributed by atoms with E-state index in [1.165, 1.54) is 19.2 Å². The van der Waals surface area contributed by atoms with E-state index < -0.39 is 22.7 Å². The molecular weight excluding hydrogens is 418 g/mol. The largest absolute Gasteiger partial charge is 0.505 e. The van der Waals surface area contributed by atoms with Crippen molar-refractivity contribution in [3.05, 3.63) is 88.0 Å². The quantitative estimate of drug-likeness (QED) is 0.324. The Hall–Kier alpha value is -4.60. The molecule has 0 heterocycles. The molecule has 0 bridgehead atoms. The zero-order valence-corrected chi connectivity index (χ0v) is 16.9. The van der Waals surface area contributed by atoms with Gasteiger partial charge in [-0.25, -0.2) is 9.59 Å². The minimum Gasteiger partial charge on any atom is -0.505 e. The number of ether oxygens (including phenoxy) is 2. The number of nitrogens with two attached hydrogens (primary N) is 1. The molecule has 0 aromatic heterocycles. The monoisotopic (exact) mass is 437 g/mol. The van der Waals surface area contributed by atoms with Crippen molar-refractivity contribution in [2.45, 2.75) is 6.61 Å². The second-order valence-electron chi connectivity index (χ2n) is 6.51. The molecule has 0 spiro atoms. The molecule has 3 rings (SSSR count). The van der Waals surface area contributed by atoms with Crippen LogP contribution in [-0.2, 0) is 11.3 Å². The summed E-state index contributed by atoms with van der Waals surface area (Å²) in [5.74, 6) is -0.806. The van der Waals surface area contributed by atoms with Crippen LogP contribution in [0.4, 0.5) is 21.9 Å². The number of rotatable bonds is 7. The fraction of sp³-hybridized carbons (Fsp3) is 0.0909. The van der Waals surface area contributed by atoms with Gasteiger partial charge in [0.2, 0.25) is 0 Å². The number of hydrogen-bond acceptors (Lipinski definition) is 7. The van der Waals surface area contributed by atoms with Gasteiger partial charge in [0, 0.05) is 11.6 Å². The Kier molecular flexibility index (Phi) is 6.54. The summed E-state index contributed by atoms with van der Waals surface area (Å²) in [5, 5.41) is 21.2. The molecule has 0 aliphatic heterocycles. The van der Waals surface area contributed by atoms with E-state index in [4.69, 9.17) is 15.2 Å². The molecule has 2 amide bonds. The van der Waals surface area contributed by atoms with Gasteiger partial charge in [0.1, 0.15) is 18.1 Å². The number of esters is 1. The SMILES string of the molecule is COC(=O)c1ccccc1COc1ccccc1N(C(N)=O)c1ccc([N+](=O)[O-])cc1O. The first kappa shape index (κ1) is 22.1. The first-order valence-electron chi connectivity index (χ1n) is 9.28. The molecule has 164 valence electrons. The number of methoxy groups -OCH3 is 1. The van der Waals surface area contributed by atoms with Crippen molar-refractivity contribution in [2.75, 3.05) is 12.0 Å². The fourth-order valence-corrected chi connectivity index (χ4v) is 3.06. The highest BCUT2D eigenvalue weighted by atomic mass is 16.6. The van der Waals surface area contributed by atoms with Crippen LogP contribution in [-0.4, -0.2) is 29.1 Å². The lowest BCUT2D eigenvalue weighted by molar-refractivity contribution is -0.384. The zero-order valence-electron chi connectivity index (χ0n) is 16.9. The Bertz CT molecular complexity index is 1180. The van der Waals surface area contributed by atoms with Crippen LogP contribution < -0.4 is 15.4 Å². The third-order valence-electron chi connectivity index (χ3n) is 4.54. The summed E-state index contributed by atoms with van der Waals surface area (Å²) in [6, 6.07) is 15.5. The predicted octanol–water partition coefficient (Wildman–Crippen LogP) is 3.88. The van der Waals surface area contributed by atoms with Gasteiger partial charge in [-0.05, 0) is 24.3 Å². The Morgan fingerprint density at radius 3 is 2.41 bits per heavy atom.